The van der Waals surface area contributed by atoms with Crippen molar-refractivity contribution >= 4 is 23.9 Å². The Labute approximate surface area is 166 Å². The number of aryl methyl sites for hydroxylation is 1. The molecule has 6 nitrogen and oxygen atoms in total. The van der Waals surface area contributed by atoms with E-state index in [1.54, 1.807) is 4.68 Å². The molecule has 0 radical (unpaired) electrons. The summed E-state index contributed by atoms with van der Waals surface area (Å²) in [4.78, 5) is 19.0. The molecule has 1 aromatic heterocycles. The van der Waals surface area contributed by atoms with Gasteiger partial charge in [0.1, 0.15) is 18.2 Å². The lowest BCUT2D eigenvalue weighted by Gasteiger charge is -2.27. The molecule has 146 valence electrons. The number of benzene rings is 1. The Bertz CT molecular complexity index is 800. The van der Waals surface area contributed by atoms with Crippen LogP contribution in [0.4, 0.5) is 0 Å². The summed E-state index contributed by atoms with van der Waals surface area (Å²) in [6.45, 7) is 7.45. The molecule has 0 saturated carbocycles. The van der Waals surface area contributed by atoms with Crippen LogP contribution in [0.1, 0.15) is 43.5 Å². The molecule has 3 rings (SSSR count). The van der Waals surface area contributed by atoms with Gasteiger partial charge in [0.15, 0.2) is 0 Å². The molecule has 1 atom stereocenters. The van der Waals surface area contributed by atoms with Crippen molar-refractivity contribution in [2.24, 2.45) is 11.7 Å². The fourth-order valence-electron chi connectivity index (χ4n) is 3.17. The summed E-state index contributed by atoms with van der Waals surface area (Å²) in [6.07, 6.45) is 3.01. The summed E-state index contributed by atoms with van der Waals surface area (Å²) in [7, 11) is 0. The van der Waals surface area contributed by atoms with Gasteiger partial charge >= 0.3 is 0 Å². The quantitative estimate of drug-likeness (QED) is 0.852. The minimum Gasteiger partial charge on any atom is -0.337 e. The molecule has 7 heteroatoms. The fraction of sp³-hybridized carbons (Fsp3) is 0.450. The number of aromatic nitrogens is 3. The van der Waals surface area contributed by atoms with Gasteiger partial charge in [0, 0.05) is 13.1 Å². The van der Waals surface area contributed by atoms with Gasteiger partial charge < -0.3 is 10.6 Å². The molecule has 1 aliphatic rings. The van der Waals surface area contributed by atoms with Crippen molar-refractivity contribution in [3.63, 3.8) is 0 Å². The molecule has 1 aliphatic heterocycles. The van der Waals surface area contributed by atoms with E-state index < -0.39 is 0 Å². The van der Waals surface area contributed by atoms with Crippen molar-refractivity contribution < 1.29 is 4.79 Å². The Balaban J connectivity index is 0.00000261. The molecule has 0 spiro atoms. The largest absolute Gasteiger partial charge is 0.337 e. The van der Waals surface area contributed by atoms with Crippen LogP contribution in [0.15, 0.2) is 36.4 Å². The predicted molar refractivity (Wildman–Crippen MR) is 109 cm³/mol. The number of nitrogens with zero attached hydrogens (tertiary/aromatic N) is 4. The van der Waals surface area contributed by atoms with Gasteiger partial charge in [-0.3, -0.25) is 4.79 Å². The number of halogens is 1. The Morgan fingerprint density at radius 1 is 1.26 bits per heavy atom. The lowest BCUT2D eigenvalue weighted by atomic mass is 9.99. The van der Waals surface area contributed by atoms with Gasteiger partial charge in [-0.15, -0.1) is 12.4 Å². The van der Waals surface area contributed by atoms with Crippen molar-refractivity contribution in [3.05, 3.63) is 53.6 Å². The summed E-state index contributed by atoms with van der Waals surface area (Å²) in [5.41, 5.74) is 8.76. The topological polar surface area (TPSA) is 77.0 Å². The van der Waals surface area contributed by atoms with Gasteiger partial charge in [0.2, 0.25) is 5.91 Å². The van der Waals surface area contributed by atoms with Gasteiger partial charge in [-0.1, -0.05) is 50.3 Å². The Kier molecular flexibility index (Phi) is 7.16. The highest BCUT2D eigenvalue weighted by molar-refractivity contribution is 5.85. The van der Waals surface area contributed by atoms with Gasteiger partial charge in [-0.2, -0.15) is 5.10 Å². The molecule has 0 saturated heterocycles. The van der Waals surface area contributed by atoms with Crippen LogP contribution >= 0.6 is 12.4 Å². The maximum Gasteiger partial charge on any atom is 0.244 e. The van der Waals surface area contributed by atoms with E-state index >= 15 is 0 Å². The third-order valence-corrected chi connectivity index (χ3v) is 4.81. The molecule has 2 aromatic rings. The Hall–Kier alpha value is -2.18. The second-order valence-electron chi connectivity index (χ2n) is 7.13. The van der Waals surface area contributed by atoms with Crippen LogP contribution in [-0.4, -0.2) is 38.7 Å². The summed E-state index contributed by atoms with van der Waals surface area (Å²) >= 11 is 0. The second-order valence-corrected chi connectivity index (χ2v) is 7.13. The molecule has 2 N–H and O–H groups in total. The van der Waals surface area contributed by atoms with Crippen molar-refractivity contribution in [2.75, 3.05) is 13.1 Å². The van der Waals surface area contributed by atoms with E-state index in [1.165, 1.54) is 11.1 Å². The van der Waals surface area contributed by atoms with Gasteiger partial charge in [0.05, 0.1) is 6.04 Å². The van der Waals surface area contributed by atoms with Gasteiger partial charge in [0.25, 0.3) is 0 Å². The molecule has 1 aromatic carbocycles. The van der Waals surface area contributed by atoms with E-state index in [4.69, 9.17) is 5.73 Å². The number of carbonyl (C=O) groups excluding carboxylic acids is 1. The highest BCUT2D eigenvalue weighted by Crippen LogP contribution is 2.22. The summed E-state index contributed by atoms with van der Waals surface area (Å²) in [5.74, 6) is 1.62. The number of nitrogens with two attached hydrogens (primary N) is 1. The smallest absolute Gasteiger partial charge is 0.244 e. The van der Waals surface area contributed by atoms with Crippen molar-refractivity contribution in [1.29, 1.82) is 0 Å². The Morgan fingerprint density at radius 2 is 1.96 bits per heavy atom. The zero-order valence-corrected chi connectivity index (χ0v) is 16.9. The number of hydrogen-bond donors (Lipinski definition) is 1. The SMILES string of the molecule is Cc1nc([C@@H](N)C(C)C)n(CC(=O)N2CC=C(c3ccccc3)CC2)n1.Cl. The molecule has 0 fully saturated rings. The third-order valence-electron chi connectivity index (χ3n) is 4.81. The van der Waals surface area contributed by atoms with E-state index in [9.17, 15) is 4.79 Å². The van der Waals surface area contributed by atoms with Crippen molar-refractivity contribution in [2.45, 2.75) is 39.8 Å². The molecule has 0 unspecified atom stereocenters. The van der Waals surface area contributed by atoms with E-state index in [-0.39, 0.29) is 36.8 Å². The molecule has 27 heavy (non-hydrogen) atoms. The van der Waals surface area contributed by atoms with Crippen LogP contribution in [-0.2, 0) is 11.3 Å². The lowest BCUT2D eigenvalue weighted by Crippen LogP contribution is -2.38. The zero-order valence-electron chi connectivity index (χ0n) is 16.1. The van der Waals surface area contributed by atoms with E-state index in [0.29, 0.717) is 18.2 Å². The van der Waals surface area contributed by atoms with Crippen LogP contribution in [0.5, 0.6) is 0 Å². The van der Waals surface area contributed by atoms with E-state index in [1.807, 2.05) is 43.9 Å². The highest BCUT2D eigenvalue weighted by Gasteiger charge is 2.23. The first kappa shape index (κ1) is 21.1. The highest BCUT2D eigenvalue weighted by atomic mass is 35.5. The number of rotatable bonds is 5. The zero-order chi connectivity index (χ0) is 18.7. The predicted octanol–water partition coefficient (Wildman–Crippen LogP) is 2.98. The van der Waals surface area contributed by atoms with E-state index in [2.05, 4.69) is 28.3 Å². The third kappa shape index (κ3) is 4.96. The first-order chi connectivity index (χ1) is 12.5. The standard InChI is InChI=1S/C20H27N5O.ClH/c1-14(2)19(21)20-22-15(3)23-25(20)13-18(26)24-11-9-17(10-12-24)16-7-5-4-6-8-16;/h4-9,14,19H,10-13,21H2,1-3H3;1H/t19-;/m0./s1. The van der Waals surface area contributed by atoms with Crippen LogP contribution < -0.4 is 5.73 Å². The first-order valence-corrected chi connectivity index (χ1v) is 9.15. The Morgan fingerprint density at radius 3 is 2.56 bits per heavy atom. The van der Waals surface area contributed by atoms with Crippen molar-refractivity contribution in [3.8, 4) is 0 Å². The summed E-state index contributed by atoms with van der Waals surface area (Å²) in [6, 6.07) is 10.1. The lowest BCUT2D eigenvalue weighted by molar-refractivity contribution is -0.131. The average molecular weight is 390 g/mol. The first-order valence-electron chi connectivity index (χ1n) is 9.15. The number of amides is 1. The molecular formula is C20H28ClN5O. The van der Waals surface area contributed by atoms with E-state index in [0.717, 1.165) is 13.0 Å². The summed E-state index contributed by atoms with van der Waals surface area (Å²) < 4.78 is 1.67. The molecule has 1 amide bonds. The summed E-state index contributed by atoms with van der Waals surface area (Å²) in [5, 5.41) is 4.37. The molecule has 0 bridgehead atoms. The van der Waals surface area contributed by atoms with Gasteiger partial charge in [-0.25, -0.2) is 9.67 Å². The number of hydrogen-bond acceptors (Lipinski definition) is 4. The maximum absolute atomic E-state index is 12.7. The van der Waals surface area contributed by atoms with Crippen LogP contribution in [0, 0.1) is 12.8 Å². The van der Waals surface area contributed by atoms with Crippen molar-refractivity contribution in [1.82, 2.24) is 19.7 Å². The molecular weight excluding hydrogens is 362 g/mol. The average Bonchev–Trinajstić information content (AvgIpc) is 3.01. The molecule has 2 heterocycles. The van der Waals surface area contributed by atoms with Crippen LogP contribution in [0.2, 0.25) is 0 Å². The second kappa shape index (κ2) is 9.15. The molecule has 0 aliphatic carbocycles. The van der Waals surface area contributed by atoms with Gasteiger partial charge in [-0.05, 0) is 30.4 Å². The minimum absolute atomic E-state index is 0. The monoisotopic (exact) mass is 389 g/mol. The van der Waals surface area contributed by atoms with Crippen LogP contribution in [0.25, 0.3) is 5.57 Å². The fourth-order valence-corrected chi connectivity index (χ4v) is 3.17. The normalized spacial score (nSPS) is 15.3. The maximum atomic E-state index is 12.7. The minimum atomic E-state index is -0.227. The number of carbonyl (C=O) groups is 1. The van der Waals surface area contributed by atoms with Crippen LogP contribution in [0.3, 0.4) is 0 Å².